The van der Waals surface area contributed by atoms with Crippen LogP contribution in [0.2, 0.25) is 0 Å². The number of hydrogen-bond donors (Lipinski definition) is 0. The number of halogens is 1. The van der Waals surface area contributed by atoms with Gasteiger partial charge in [0.25, 0.3) is 0 Å². The Morgan fingerprint density at radius 2 is 2.11 bits per heavy atom. The van der Waals surface area contributed by atoms with Crippen LogP contribution in [0.25, 0.3) is 0 Å². The van der Waals surface area contributed by atoms with Crippen LogP contribution in [0.15, 0.2) is 23.1 Å². The third kappa shape index (κ3) is 3.16. The maximum atomic E-state index is 4.45. The Balaban J connectivity index is 1.78. The zero-order valence-corrected chi connectivity index (χ0v) is 12.8. The van der Waals surface area contributed by atoms with Crippen LogP contribution < -0.4 is 0 Å². The van der Waals surface area contributed by atoms with Crippen molar-refractivity contribution in [3.63, 3.8) is 0 Å². The highest BCUT2D eigenvalue weighted by molar-refractivity contribution is 9.10. The molecule has 2 aromatic heterocycles. The number of likely N-dealkylation sites (tertiary alicyclic amines) is 1. The fourth-order valence-electron chi connectivity index (χ4n) is 2.43. The molecule has 0 amide bonds. The summed E-state index contributed by atoms with van der Waals surface area (Å²) in [5.41, 5.74) is 1.04. The fraction of sp³-hybridized carbons (Fsp3) is 0.500. The van der Waals surface area contributed by atoms with Crippen molar-refractivity contribution in [3.05, 3.63) is 34.6 Å². The molecule has 0 aromatic carbocycles. The summed E-state index contributed by atoms with van der Waals surface area (Å²) in [4.78, 5) is 11.3. The Bertz CT molecular complexity index is 515. The van der Waals surface area contributed by atoms with E-state index in [0.717, 1.165) is 35.5 Å². The second-order valence-electron chi connectivity index (χ2n) is 4.64. The van der Waals surface area contributed by atoms with Gasteiger partial charge in [-0.1, -0.05) is 6.42 Å². The lowest BCUT2D eigenvalue weighted by Gasteiger charge is -2.33. The van der Waals surface area contributed by atoms with E-state index in [4.69, 9.17) is 0 Å². The summed E-state index contributed by atoms with van der Waals surface area (Å²) in [6.45, 7) is 1.90. The minimum Gasteiger partial charge on any atom is -0.287 e. The first kappa shape index (κ1) is 13.1. The summed E-state index contributed by atoms with van der Waals surface area (Å²) in [7, 11) is 0. The van der Waals surface area contributed by atoms with Crippen molar-refractivity contribution in [3.8, 4) is 0 Å². The first-order chi connectivity index (χ1) is 9.33. The maximum absolute atomic E-state index is 4.45. The van der Waals surface area contributed by atoms with Crippen LogP contribution in [0, 0.1) is 0 Å². The molecule has 5 nitrogen and oxygen atoms in total. The van der Waals surface area contributed by atoms with Crippen molar-refractivity contribution in [2.45, 2.75) is 31.8 Å². The molecule has 1 aliphatic rings. The Morgan fingerprint density at radius 3 is 2.84 bits per heavy atom. The topological polar surface area (TPSA) is 54.8 Å². The molecule has 3 rings (SSSR count). The van der Waals surface area contributed by atoms with Crippen LogP contribution in [0.4, 0.5) is 0 Å². The van der Waals surface area contributed by atoms with Crippen molar-refractivity contribution in [2.75, 3.05) is 6.54 Å². The minimum atomic E-state index is 0.295. The Morgan fingerprint density at radius 1 is 1.26 bits per heavy atom. The summed E-state index contributed by atoms with van der Waals surface area (Å²) >= 11 is 4.64. The lowest BCUT2D eigenvalue weighted by atomic mass is 10.0. The number of piperidine rings is 1. The van der Waals surface area contributed by atoms with Crippen molar-refractivity contribution in [2.24, 2.45) is 0 Å². The zero-order chi connectivity index (χ0) is 13.1. The van der Waals surface area contributed by atoms with Gasteiger partial charge in [0.2, 0.25) is 0 Å². The number of nitrogens with zero attached hydrogens (tertiary/aromatic N) is 5. The molecule has 0 aliphatic carbocycles. The Labute approximate surface area is 124 Å². The average Bonchev–Trinajstić information content (AvgIpc) is 2.93. The summed E-state index contributed by atoms with van der Waals surface area (Å²) in [5, 5.41) is 0. The largest absolute Gasteiger partial charge is 0.287 e. The SMILES string of the molecule is Brc1cnc(C2CCCCN2Cc2cnsn2)nc1. The lowest BCUT2D eigenvalue weighted by molar-refractivity contribution is 0.132. The second kappa shape index (κ2) is 6.02. The highest BCUT2D eigenvalue weighted by Gasteiger charge is 2.26. The highest BCUT2D eigenvalue weighted by Crippen LogP contribution is 2.30. The van der Waals surface area contributed by atoms with E-state index in [1.165, 1.54) is 24.6 Å². The van der Waals surface area contributed by atoms with Gasteiger partial charge < -0.3 is 0 Å². The monoisotopic (exact) mass is 339 g/mol. The van der Waals surface area contributed by atoms with E-state index < -0.39 is 0 Å². The van der Waals surface area contributed by atoms with Crippen LogP contribution >= 0.6 is 27.7 Å². The molecular weight excluding hydrogens is 326 g/mol. The standard InChI is InChI=1S/C12H14BrN5S/c13-9-5-14-12(15-6-9)11-3-1-2-4-18(11)8-10-7-16-19-17-10/h5-7,11H,1-4,8H2. The molecule has 1 fully saturated rings. The number of hydrogen-bond acceptors (Lipinski definition) is 6. The summed E-state index contributed by atoms with van der Waals surface area (Å²) in [6.07, 6.45) is 9.05. The predicted octanol–water partition coefficient (Wildman–Crippen LogP) is 2.82. The van der Waals surface area contributed by atoms with Crippen molar-refractivity contribution in [1.29, 1.82) is 0 Å². The van der Waals surface area contributed by atoms with E-state index in [1.807, 2.05) is 18.6 Å². The summed E-state index contributed by atoms with van der Waals surface area (Å²) in [5.74, 6) is 0.908. The van der Waals surface area contributed by atoms with E-state index in [9.17, 15) is 0 Å². The van der Waals surface area contributed by atoms with E-state index in [2.05, 4.69) is 39.5 Å². The molecule has 1 atom stereocenters. The second-order valence-corrected chi connectivity index (χ2v) is 6.11. The molecule has 100 valence electrons. The molecule has 3 heterocycles. The van der Waals surface area contributed by atoms with Gasteiger partial charge in [0.05, 0.1) is 34.1 Å². The molecule has 1 saturated heterocycles. The molecule has 0 N–H and O–H groups in total. The van der Waals surface area contributed by atoms with Gasteiger partial charge in [-0.3, -0.25) is 4.90 Å². The van der Waals surface area contributed by atoms with E-state index in [0.29, 0.717) is 6.04 Å². The van der Waals surface area contributed by atoms with Crippen LogP contribution in [0.5, 0.6) is 0 Å². The van der Waals surface area contributed by atoms with E-state index in [1.54, 1.807) is 0 Å². The quantitative estimate of drug-likeness (QED) is 0.860. The smallest absolute Gasteiger partial charge is 0.145 e. The molecular formula is C12H14BrN5S. The maximum Gasteiger partial charge on any atom is 0.145 e. The third-order valence-electron chi connectivity index (χ3n) is 3.32. The van der Waals surface area contributed by atoms with Gasteiger partial charge in [-0.2, -0.15) is 8.75 Å². The van der Waals surface area contributed by atoms with Crippen molar-refractivity contribution in [1.82, 2.24) is 23.6 Å². The van der Waals surface area contributed by atoms with Gasteiger partial charge in [-0.05, 0) is 35.3 Å². The van der Waals surface area contributed by atoms with Crippen LogP contribution in [-0.4, -0.2) is 30.2 Å². The van der Waals surface area contributed by atoms with Gasteiger partial charge in [0.1, 0.15) is 5.82 Å². The molecule has 2 aromatic rings. The lowest BCUT2D eigenvalue weighted by Crippen LogP contribution is -2.34. The van der Waals surface area contributed by atoms with Gasteiger partial charge in [-0.25, -0.2) is 9.97 Å². The molecule has 1 aliphatic heterocycles. The fourth-order valence-corrected chi connectivity index (χ4v) is 3.06. The van der Waals surface area contributed by atoms with Crippen molar-refractivity contribution >= 4 is 27.7 Å². The third-order valence-corrected chi connectivity index (χ3v) is 4.25. The first-order valence-corrected chi connectivity index (χ1v) is 7.83. The molecule has 0 radical (unpaired) electrons. The molecule has 19 heavy (non-hydrogen) atoms. The predicted molar refractivity (Wildman–Crippen MR) is 76.6 cm³/mol. The zero-order valence-electron chi connectivity index (χ0n) is 10.4. The number of rotatable bonds is 3. The molecule has 1 unspecified atom stereocenters. The number of aromatic nitrogens is 4. The molecule has 0 bridgehead atoms. The van der Waals surface area contributed by atoms with Crippen LogP contribution in [-0.2, 0) is 6.54 Å². The van der Waals surface area contributed by atoms with Gasteiger partial charge >= 0.3 is 0 Å². The van der Waals surface area contributed by atoms with Crippen LogP contribution in [0.3, 0.4) is 0 Å². The van der Waals surface area contributed by atoms with Gasteiger partial charge in [0, 0.05) is 18.9 Å². The summed E-state index contributed by atoms with van der Waals surface area (Å²) < 4.78 is 9.28. The van der Waals surface area contributed by atoms with Gasteiger partial charge in [-0.15, -0.1) is 0 Å². The molecule has 0 spiro atoms. The average molecular weight is 340 g/mol. The first-order valence-electron chi connectivity index (χ1n) is 6.31. The van der Waals surface area contributed by atoms with E-state index in [-0.39, 0.29) is 0 Å². The normalized spacial score (nSPS) is 20.6. The van der Waals surface area contributed by atoms with Crippen LogP contribution in [0.1, 0.15) is 36.8 Å². The summed E-state index contributed by atoms with van der Waals surface area (Å²) in [6, 6.07) is 0.295. The van der Waals surface area contributed by atoms with E-state index >= 15 is 0 Å². The Hall–Kier alpha value is -0.920. The van der Waals surface area contributed by atoms with Gasteiger partial charge in [0.15, 0.2) is 0 Å². The minimum absolute atomic E-state index is 0.295. The molecule has 0 saturated carbocycles. The van der Waals surface area contributed by atoms with Crippen molar-refractivity contribution < 1.29 is 0 Å². The molecule has 7 heteroatoms. The highest BCUT2D eigenvalue weighted by atomic mass is 79.9. The Kier molecular flexibility index (Phi) is 4.15.